The van der Waals surface area contributed by atoms with E-state index in [4.69, 9.17) is 16.3 Å². The summed E-state index contributed by atoms with van der Waals surface area (Å²) in [5.74, 6) is -0.442. The van der Waals surface area contributed by atoms with Gasteiger partial charge in [0.2, 0.25) is 26.0 Å². The van der Waals surface area contributed by atoms with E-state index in [2.05, 4.69) is 10.0 Å². The van der Waals surface area contributed by atoms with Crippen molar-refractivity contribution in [2.75, 3.05) is 23.0 Å². The van der Waals surface area contributed by atoms with Crippen molar-refractivity contribution in [3.05, 3.63) is 47.5 Å². The molecule has 0 bridgehead atoms. The number of nitrogens with zero attached hydrogens (tertiary/aromatic N) is 1. The van der Waals surface area contributed by atoms with E-state index in [1.54, 1.807) is 32.9 Å². The molecule has 0 saturated carbocycles. The van der Waals surface area contributed by atoms with Gasteiger partial charge >= 0.3 is 0 Å². The minimum atomic E-state index is -3.87. The predicted octanol–water partition coefficient (Wildman–Crippen LogP) is 3.22. The molecule has 0 saturated heterocycles. The van der Waals surface area contributed by atoms with Crippen LogP contribution in [0.3, 0.4) is 0 Å². The van der Waals surface area contributed by atoms with Crippen LogP contribution in [0.2, 0.25) is 5.02 Å². The van der Waals surface area contributed by atoms with Crippen LogP contribution in [0.15, 0.2) is 47.4 Å². The van der Waals surface area contributed by atoms with Crippen LogP contribution in [-0.4, -0.2) is 48.2 Å². The lowest BCUT2D eigenvalue weighted by molar-refractivity contribution is -0.117. The van der Waals surface area contributed by atoms with Crippen LogP contribution in [-0.2, 0) is 24.8 Å². The molecule has 0 spiro atoms. The minimum absolute atomic E-state index is 0.0739. The quantitative estimate of drug-likeness (QED) is 0.499. The van der Waals surface area contributed by atoms with Gasteiger partial charge < -0.3 is 10.1 Å². The van der Waals surface area contributed by atoms with E-state index >= 15 is 0 Å². The standard InChI is InChI=1S/C21H28ClN3O6S2/c1-6-19(25(32(5,27)28)16-9-7-8-15(22)12-16)21(26)23-18-13-17(10-11-20(18)31-4)33(29,30)24-14(2)3/h7-14,19,24H,6H2,1-5H3,(H,23,26)/t19-/m1/s1. The van der Waals surface area contributed by atoms with Crippen molar-refractivity contribution in [3.63, 3.8) is 0 Å². The molecule has 0 aliphatic carbocycles. The minimum Gasteiger partial charge on any atom is -0.495 e. The van der Waals surface area contributed by atoms with Crippen molar-refractivity contribution in [1.82, 2.24) is 4.72 Å². The average Bonchev–Trinajstić information content (AvgIpc) is 2.69. The van der Waals surface area contributed by atoms with Crippen LogP contribution in [0.4, 0.5) is 11.4 Å². The van der Waals surface area contributed by atoms with E-state index in [9.17, 15) is 21.6 Å². The van der Waals surface area contributed by atoms with Gasteiger partial charge in [0.05, 0.1) is 29.6 Å². The molecule has 0 aromatic heterocycles. The lowest BCUT2D eigenvalue weighted by atomic mass is 10.1. The molecule has 0 fully saturated rings. The van der Waals surface area contributed by atoms with E-state index in [-0.39, 0.29) is 34.5 Å². The number of hydrogen-bond donors (Lipinski definition) is 2. The number of halogens is 1. The molecule has 12 heteroatoms. The van der Waals surface area contributed by atoms with Gasteiger partial charge in [-0.3, -0.25) is 9.10 Å². The van der Waals surface area contributed by atoms with E-state index in [0.717, 1.165) is 10.6 Å². The van der Waals surface area contributed by atoms with Gasteiger partial charge in [0, 0.05) is 11.1 Å². The first-order valence-corrected chi connectivity index (χ1v) is 13.8. The van der Waals surface area contributed by atoms with Gasteiger partial charge in [-0.05, 0) is 56.7 Å². The predicted molar refractivity (Wildman–Crippen MR) is 130 cm³/mol. The molecule has 182 valence electrons. The summed E-state index contributed by atoms with van der Waals surface area (Å²) in [6, 6.07) is 8.73. The Balaban J connectivity index is 2.48. The second kappa shape index (κ2) is 10.7. The number of anilines is 2. The molecule has 33 heavy (non-hydrogen) atoms. The molecule has 0 aliphatic heterocycles. The zero-order valence-electron chi connectivity index (χ0n) is 19.0. The number of rotatable bonds is 10. The van der Waals surface area contributed by atoms with Crippen molar-refractivity contribution in [2.45, 2.75) is 44.2 Å². The SMILES string of the molecule is CC[C@H](C(=O)Nc1cc(S(=O)(=O)NC(C)C)ccc1OC)N(c1cccc(Cl)c1)S(C)(=O)=O. The number of methoxy groups -OCH3 is 1. The van der Waals surface area contributed by atoms with Crippen LogP contribution in [0.5, 0.6) is 5.75 Å². The smallest absolute Gasteiger partial charge is 0.248 e. The van der Waals surface area contributed by atoms with Gasteiger partial charge in [-0.15, -0.1) is 0 Å². The summed E-state index contributed by atoms with van der Waals surface area (Å²) in [4.78, 5) is 13.2. The number of nitrogens with one attached hydrogen (secondary N) is 2. The Hall–Kier alpha value is -2.34. The molecule has 1 atom stereocenters. The fraction of sp³-hybridized carbons (Fsp3) is 0.381. The Morgan fingerprint density at radius 1 is 1.12 bits per heavy atom. The topological polar surface area (TPSA) is 122 Å². The van der Waals surface area contributed by atoms with Crippen molar-refractivity contribution in [3.8, 4) is 5.75 Å². The molecule has 2 aromatic carbocycles. The number of sulfonamides is 2. The molecule has 2 rings (SSSR count). The van der Waals surface area contributed by atoms with Gasteiger partial charge in [0.1, 0.15) is 11.8 Å². The number of amides is 1. The fourth-order valence-electron chi connectivity index (χ4n) is 3.22. The Labute approximate surface area is 200 Å². The second-order valence-electron chi connectivity index (χ2n) is 7.59. The lowest BCUT2D eigenvalue weighted by Gasteiger charge is -2.30. The monoisotopic (exact) mass is 517 g/mol. The number of hydrogen-bond acceptors (Lipinski definition) is 6. The number of carbonyl (C=O) groups excluding carboxylic acids is 1. The maximum Gasteiger partial charge on any atom is 0.248 e. The van der Waals surface area contributed by atoms with Gasteiger partial charge in [0.15, 0.2) is 0 Å². The van der Waals surface area contributed by atoms with Gasteiger partial charge in [-0.25, -0.2) is 21.6 Å². The Morgan fingerprint density at radius 3 is 2.30 bits per heavy atom. The fourth-order valence-corrected chi connectivity index (χ4v) is 5.88. The highest BCUT2D eigenvalue weighted by atomic mass is 35.5. The van der Waals surface area contributed by atoms with Crippen LogP contribution in [0.1, 0.15) is 27.2 Å². The maximum atomic E-state index is 13.2. The third-order valence-corrected chi connectivity index (χ3v) is 7.59. The molecule has 1 amide bonds. The second-order valence-corrected chi connectivity index (χ2v) is 11.6. The van der Waals surface area contributed by atoms with Crippen LogP contribution >= 0.6 is 11.6 Å². The molecule has 0 aliphatic rings. The largest absolute Gasteiger partial charge is 0.495 e. The summed E-state index contributed by atoms with van der Waals surface area (Å²) >= 11 is 6.03. The highest BCUT2D eigenvalue weighted by Crippen LogP contribution is 2.30. The highest BCUT2D eigenvalue weighted by Gasteiger charge is 2.32. The Kier molecular flexibility index (Phi) is 8.75. The summed E-state index contributed by atoms with van der Waals surface area (Å²) in [6.07, 6.45) is 1.13. The summed E-state index contributed by atoms with van der Waals surface area (Å²) < 4.78 is 59.0. The summed E-state index contributed by atoms with van der Waals surface area (Å²) in [7, 11) is -6.33. The first-order valence-electron chi connectivity index (χ1n) is 10.1. The summed E-state index contributed by atoms with van der Waals surface area (Å²) in [5, 5.41) is 2.93. The zero-order chi connectivity index (χ0) is 25.0. The molecular weight excluding hydrogens is 490 g/mol. The summed E-state index contributed by atoms with van der Waals surface area (Å²) in [6.45, 7) is 5.04. The molecule has 9 nitrogen and oxygen atoms in total. The van der Waals surface area contributed by atoms with Crippen LogP contribution < -0.4 is 19.1 Å². The van der Waals surface area contributed by atoms with Crippen molar-refractivity contribution in [1.29, 1.82) is 0 Å². The highest BCUT2D eigenvalue weighted by molar-refractivity contribution is 7.92. The Bertz CT molecular complexity index is 1220. The molecule has 2 aromatic rings. The van der Waals surface area contributed by atoms with Crippen molar-refractivity contribution < 1.29 is 26.4 Å². The molecule has 0 radical (unpaired) electrons. The third-order valence-electron chi connectivity index (χ3n) is 4.52. The first kappa shape index (κ1) is 26.9. The molecule has 2 N–H and O–H groups in total. The number of carbonyl (C=O) groups is 1. The van der Waals surface area contributed by atoms with E-state index in [0.29, 0.717) is 5.02 Å². The zero-order valence-corrected chi connectivity index (χ0v) is 21.4. The Morgan fingerprint density at radius 2 is 1.79 bits per heavy atom. The molecular formula is C21H28ClN3O6S2. The average molecular weight is 518 g/mol. The van der Waals surface area contributed by atoms with Crippen LogP contribution in [0.25, 0.3) is 0 Å². The lowest BCUT2D eigenvalue weighted by Crippen LogP contribution is -2.47. The van der Waals surface area contributed by atoms with Crippen LogP contribution in [0, 0.1) is 0 Å². The van der Waals surface area contributed by atoms with E-state index in [1.165, 1.54) is 37.4 Å². The number of ether oxygens (including phenoxy) is 1. The summed E-state index contributed by atoms with van der Waals surface area (Å²) in [5.41, 5.74) is 0.323. The number of benzene rings is 2. The molecule has 0 unspecified atom stereocenters. The third kappa shape index (κ3) is 6.83. The normalized spacial score (nSPS) is 12.9. The maximum absolute atomic E-state index is 13.2. The molecule has 0 heterocycles. The van der Waals surface area contributed by atoms with Crippen molar-refractivity contribution in [2.24, 2.45) is 0 Å². The van der Waals surface area contributed by atoms with Gasteiger partial charge in [-0.2, -0.15) is 0 Å². The van der Waals surface area contributed by atoms with Gasteiger partial charge in [-0.1, -0.05) is 24.6 Å². The van der Waals surface area contributed by atoms with E-state index < -0.39 is 32.0 Å². The first-order chi connectivity index (χ1) is 15.3. The van der Waals surface area contributed by atoms with Crippen molar-refractivity contribution >= 4 is 48.9 Å². The van der Waals surface area contributed by atoms with Gasteiger partial charge in [0.25, 0.3) is 0 Å². The van der Waals surface area contributed by atoms with E-state index in [1.807, 2.05) is 0 Å².